The summed E-state index contributed by atoms with van der Waals surface area (Å²) in [7, 11) is 0. The maximum Gasteiger partial charge on any atom is 0.252 e. The molecule has 2 aromatic rings. The molecule has 3 atom stereocenters. The lowest BCUT2D eigenvalue weighted by Gasteiger charge is -2.35. The van der Waals surface area contributed by atoms with E-state index < -0.39 is 0 Å². The molecular formula is C20H23ClFN3O. The van der Waals surface area contributed by atoms with E-state index in [1.807, 2.05) is 12.1 Å². The van der Waals surface area contributed by atoms with E-state index in [4.69, 9.17) is 16.3 Å². The lowest BCUT2D eigenvalue weighted by molar-refractivity contribution is 0.0706. The van der Waals surface area contributed by atoms with Gasteiger partial charge in [-0.3, -0.25) is 4.90 Å². The first-order chi connectivity index (χ1) is 12.7. The summed E-state index contributed by atoms with van der Waals surface area (Å²) in [6.45, 7) is 2.21. The highest BCUT2D eigenvalue weighted by Crippen LogP contribution is 2.40. The van der Waals surface area contributed by atoms with Crippen molar-refractivity contribution in [2.45, 2.75) is 50.2 Å². The summed E-state index contributed by atoms with van der Waals surface area (Å²) in [6.07, 6.45) is 7.22. The minimum Gasteiger partial charge on any atom is -0.471 e. The number of likely N-dealkylation sites (tertiary alicyclic amines) is 1. The normalized spacial score (nSPS) is 26.8. The number of piperidine rings is 1. The average Bonchev–Trinajstić information content (AvgIpc) is 3.09. The standard InChI is InChI=1S/C20H23ClFN3O/c21-17-8-9-23-24-20(17)26-19-13-15(14-4-6-16(22)7-5-14)12-18(19)25-10-2-1-3-11-25/h4-9,15,18-19H,1-3,10-13H2. The van der Waals surface area contributed by atoms with Gasteiger partial charge in [-0.25, -0.2) is 4.39 Å². The van der Waals surface area contributed by atoms with Gasteiger partial charge in [-0.05, 0) is 68.5 Å². The Kier molecular flexibility index (Phi) is 5.36. The Morgan fingerprint density at radius 2 is 1.81 bits per heavy atom. The summed E-state index contributed by atoms with van der Waals surface area (Å²) in [4.78, 5) is 2.54. The van der Waals surface area contributed by atoms with E-state index in [-0.39, 0.29) is 11.9 Å². The predicted molar refractivity (Wildman–Crippen MR) is 99.0 cm³/mol. The quantitative estimate of drug-likeness (QED) is 0.791. The Morgan fingerprint density at radius 1 is 1.04 bits per heavy atom. The van der Waals surface area contributed by atoms with E-state index in [2.05, 4.69) is 15.1 Å². The first-order valence-electron chi connectivity index (χ1n) is 9.34. The smallest absolute Gasteiger partial charge is 0.252 e. The van der Waals surface area contributed by atoms with Gasteiger partial charge in [0.15, 0.2) is 0 Å². The van der Waals surface area contributed by atoms with Crippen LogP contribution in [0.3, 0.4) is 0 Å². The third-order valence-electron chi connectivity index (χ3n) is 5.58. The van der Waals surface area contributed by atoms with Crippen LogP contribution in [0.25, 0.3) is 0 Å². The van der Waals surface area contributed by atoms with E-state index >= 15 is 0 Å². The number of benzene rings is 1. The van der Waals surface area contributed by atoms with Gasteiger partial charge in [0.2, 0.25) is 0 Å². The average molecular weight is 376 g/mol. The molecule has 0 spiro atoms. The van der Waals surface area contributed by atoms with E-state index in [0.29, 0.717) is 22.9 Å². The van der Waals surface area contributed by atoms with Gasteiger partial charge < -0.3 is 4.74 Å². The zero-order chi connectivity index (χ0) is 17.9. The van der Waals surface area contributed by atoms with Crippen molar-refractivity contribution in [1.82, 2.24) is 15.1 Å². The SMILES string of the molecule is Fc1ccc(C2CC(Oc3nnccc3Cl)C(N3CCCCC3)C2)cc1. The van der Waals surface area contributed by atoms with Crippen LogP contribution in [0.2, 0.25) is 5.02 Å². The maximum absolute atomic E-state index is 13.3. The fourth-order valence-corrected chi connectivity index (χ4v) is 4.41. The monoisotopic (exact) mass is 375 g/mol. The number of nitrogens with zero attached hydrogens (tertiary/aromatic N) is 3. The molecule has 1 aliphatic heterocycles. The third kappa shape index (κ3) is 3.84. The molecule has 26 heavy (non-hydrogen) atoms. The Balaban J connectivity index is 1.56. The minimum absolute atomic E-state index is 0.0114. The molecule has 1 aromatic heterocycles. The fourth-order valence-electron chi connectivity index (χ4n) is 4.27. The fraction of sp³-hybridized carbons (Fsp3) is 0.500. The van der Waals surface area contributed by atoms with Crippen LogP contribution in [0.4, 0.5) is 4.39 Å². The van der Waals surface area contributed by atoms with Crippen molar-refractivity contribution in [2.24, 2.45) is 0 Å². The number of hydrogen-bond acceptors (Lipinski definition) is 4. The summed E-state index contributed by atoms with van der Waals surface area (Å²) in [5.74, 6) is 0.558. The van der Waals surface area contributed by atoms with Gasteiger partial charge in [0.05, 0.1) is 6.20 Å². The predicted octanol–water partition coefficient (Wildman–Crippen LogP) is 4.45. The molecule has 1 saturated carbocycles. The maximum atomic E-state index is 13.3. The molecule has 138 valence electrons. The van der Waals surface area contributed by atoms with Crippen LogP contribution in [0.1, 0.15) is 43.6 Å². The lowest BCUT2D eigenvalue weighted by Crippen LogP contribution is -2.45. The zero-order valence-electron chi connectivity index (χ0n) is 14.7. The highest BCUT2D eigenvalue weighted by atomic mass is 35.5. The van der Waals surface area contributed by atoms with Gasteiger partial charge >= 0.3 is 0 Å². The number of ether oxygens (including phenoxy) is 1. The van der Waals surface area contributed by atoms with Crippen molar-refractivity contribution in [3.8, 4) is 5.88 Å². The van der Waals surface area contributed by atoms with E-state index in [1.165, 1.54) is 24.8 Å². The zero-order valence-corrected chi connectivity index (χ0v) is 15.4. The molecule has 1 aromatic carbocycles. The lowest BCUT2D eigenvalue weighted by atomic mass is 9.97. The molecule has 2 heterocycles. The van der Waals surface area contributed by atoms with Crippen LogP contribution < -0.4 is 4.74 Å². The van der Waals surface area contributed by atoms with E-state index in [0.717, 1.165) is 25.9 Å². The second kappa shape index (κ2) is 7.89. The topological polar surface area (TPSA) is 38.3 Å². The summed E-state index contributed by atoms with van der Waals surface area (Å²) in [5, 5.41) is 8.44. The van der Waals surface area contributed by atoms with Crippen LogP contribution in [0.5, 0.6) is 5.88 Å². The van der Waals surface area contributed by atoms with Gasteiger partial charge in [0, 0.05) is 6.04 Å². The summed E-state index contributed by atoms with van der Waals surface area (Å²) >= 11 is 6.22. The van der Waals surface area contributed by atoms with Crippen molar-refractivity contribution in [3.63, 3.8) is 0 Å². The highest BCUT2D eigenvalue weighted by Gasteiger charge is 2.40. The Morgan fingerprint density at radius 3 is 2.54 bits per heavy atom. The first kappa shape index (κ1) is 17.7. The molecule has 0 radical (unpaired) electrons. The second-order valence-electron chi connectivity index (χ2n) is 7.22. The summed E-state index contributed by atoms with van der Waals surface area (Å²) in [5.41, 5.74) is 1.17. The molecule has 1 aliphatic carbocycles. The molecule has 0 bridgehead atoms. The highest BCUT2D eigenvalue weighted by molar-refractivity contribution is 6.31. The largest absolute Gasteiger partial charge is 0.471 e. The molecule has 3 unspecified atom stereocenters. The van der Waals surface area contributed by atoms with E-state index in [9.17, 15) is 4.39 Å². The minimum atomic E-state index is -0.196. The Bertz CT molecular complexity index is 736. The molecule has 1 saturated heterocycles. The molecule has 2 fully saturated rings. The molecule has 2 aliphatic rings. The number of aromatic nitrogens is 2. The molecular weight excluding hydrogens is 353 g/mol. The first-order valence-corrected chi connectivity index (χ1v) is 9.72. The Hall–Kier alpha value is -1.72. The van der Waals surface area contributed by atoms with Crippen molar-refractivity contribution < 1.29 is 9.13 Å². The summed E-state index contributed by atoms with van der Waals surface area (Å²) in [6, 6.07) is 8.89. The van der Waals surface area contributed by atoms with Crippen LogP contribution in [0, 0.1) is 5.82 Å². The molecule has 6 heteroatoms. The van der Waals surface area contributed by atoms with Crippen molar-refractivity contribution >= 4 is 11.6 Å². The molecule has 4 nitrogen and oxygen atoms in total. The number of rotatable bonds is 4. The van der Waals surface area contributed by atoms with Crippen LogP contribution in [-0.4, -0.2) is 40.3 Å². The van der Waals surface area contributed by atoms with Crippen molar-refractivity contribution in [1.29, 1.82) is 0 Å². The van der Waals surface area contributed by atoms with Gasteiger partial charge in [-0.1, -0.05) is 30.2 Å². The second-order valence-corrected chi connectivity index (χ2v) is 7.63. The molecule has 0 amide bonds. The Labute approximate surface area is 158 Å². The summed E-state index contributed by atoms with van der Waals surface area (Å²) < 4.78 is 19.5. The van der Waals surface area contributed by atoms with Crippen molar-refractivity contribution in [2.75, 3.05) is 13.1 Å². The van der Waals surface area contributed by atoms with Crippen LogP contribution in [-0.2, 0) is 0 Å². The number of halogens is 2. The molecule has 4 rings (SSSR count). The van der Waals surface area contributed by atoms with Crippen molar-refractivity contribution in [3.05, 3.63) is 52.9 Å². The van der Waals surface area contributed by atoms with Crippen LogP contribution in [0.15, 0.2) is 36.5 Å². The molecule has 0 N–H and O–H groups in total. The van der Waals surface area contributed by atoms with Gasteiger partial charge in [-0.2, -0.15) is 5.10 Å². The van der Waals surface area contributed by atoms with Gasteiger partial charge in [0.25, 0.3) is 5.88 Å². The van der Waals surface area contributed by atoms with Gasteiger partial charge in [0.1, 0.15) is 16.9 Å². The van der Waals surface area contributed by atoms with Crippen LogP contribution >= 0.6 is 11.6 Å². The third-order valence-corrected chi connectivity index (χ3v) is 5.86. The van der Waals surface area contributed by atoms with E-state index in [1.54, 1.807) is 24.4 Å². The number of hydrogen-bond donors (Lipinski definition) is 0. The van der Waals surface area contributed by atoms with Gasteiger partial charge in [-0.15, -0.1) is 5.10 Å².